The Bertz CT molecular complexity index is 858. The van der Waals surface area contributed by atoms with Crippen molar-refractivity contribution in [2.75, 3.05) is 26.2 Å². The Morgan fingerprint density at radius 3 is 2.59 bits per heavy atom. The summed E-state index contributed by atoms with van der Waals surface area (Å²) in [6.45, 7) is 5.13. The number of thiophene rings is 1. The number of rotatable bonds is 8. The highest BCUT2D eigenvalue weighted by molar-refractivity contribution is 7.09. The van der Waals surface area contributed by atoms with Crippen LogP contribution in [0.1, 0.15) is 16.9 Å². The van der Waals surface area contributed by atoms with E-state index in [9.17, 15) is 5.11 Å². The Morgan fingerprint density at radius 1 is 1.03 bits per heavy atom. The summed E-state index contributed by atoms with van der Waals surface area (Å²) in [5.74, 6) is 0.735. The molecule has 0 unspecified atom stereocenters. The van der Waals surface area contributed by atoms with Crippen LogP contribution in [0.5, 0.6) is 11.8 Å². The van der Waals surface area contributed by atoms with Crippen molar-refractivity contribution in [1.82, 2.24) is 19.8 Å². The van der Waals surface area contributed by atoms with E-state index in [1.165, 1.54) is 10.4 Å². The van der Waals surface area contributed by atoms with Crippen LogP contribution < -0.4 is 4.74 Å². The van der Waals surface area contributed by atoms with Crippen molar-refractivity contribution >= 4 is 11.3 Å². The molecule has 4 rings (SSSR count). The van der Waals surface area contributed by atoms with Crippen LogP contribution in [0, 0.1) is 0 Å². The normalized spacial score (nSPS) is 18.0. The van der Waals surface area contributed by atoms with E-state index in [0.29, 0.717) is 12.1 Å². The number of aliphatic hydroxyl groups is 1. The van der Waals surface area contributed by atoms with Crippen molar-refractivity contribution in [1.29, 1.82) is 0 Å². The quantitative estimate of drug-likeness (QED) is 0.614. The maximum atomic E-state index is 9.52. The van der Waals surface area contributed by atoms with Gasteiger partial charge in [0.25, 0.3) is 0 Å². The van der Waals surface area contributed by atoms with Gasteiger partial charge in [0.15, 0.2) is 0 Å². The van der Waals surface area contributed by atoms with Gasteiger partial charge < -0.3 is 9.84 Å². The third-order valence-electron chi connectivity index (χ3n) is 5.17. The molecular weight excluding hydrogens is 384 g/mol. The van der Waals surface area contributed by atoms with Gasteiger partial charge in [0, 0.05) is 62.6 Å². The van der Waals surface area contributed by atoms with Crippen LogP contribution in [0.2, 0.25) is 0 Å². The molecule has 3 heterocycles. The number of aromatic nitrogens is 2. The predicted octanol–water partition coefficient (Wildman–Crippen LogP) is 3.40. The summed E-state index contributed by atoms with van der Waals surface area (Å²) in [6, 6.07) is 14.9. The second kappa shape index (κ2) is 9.93. The molecule has 1 aliphatic heterocycles. The van der Waals surface area contributed by atoms with Crippen molar-refractivity contribution in [3.8, 4) is 11.8 Å². The highest BCUT2D eigenvalue weighted by Crippen LogP contribution is 2.22. The first-order chi connectivity index (χ1) is 14.3. The Balaban J connectivity index is 1.33. The predicted molar refractivity (Wildman–Crippen MR) is 114 cm³/mol. The first kappa shape index (κ1) is 20.0. The SMILES string of the molecule is OCC[C@@H]1CN(Cc2ccc(Oc3ncccn3)cc2)CCN1Cc1cccs1. The fraction of sp³-hybridized carbons (Fsp3) is 0.364. The number of nitrogens with zero attached hydrogens (tertiary/aromatic N) is 4. The second-order valence-corrected chi connectivity index (χ2v) is 8.26. The fourth-order valence-electron chi connectivity index (χ4n) is 3.70. The number of hydrogen-bond donors (Lipinski definition) is 1. The van der Waals surface area contributed by atoms with E-state index in [-0.39, 0.29) is 6.61 Å². The van der Waals surface area contributed by atoms with Crippen molar-refractivity contribution in [3.63, 3.8) is 0 Å². The maximum absolute atomic E-state index is 9.52. The third-order valence-corrected chi connectivity index (χ3v) is 6.03. The van der Waals surface area contributed by atoms with Gasteiger partial charge in [-0.25, -0.2) is 9.97 Å². The lowest BCUT2D eigenvalue weighted by atomic mass is 10.1. The zero-order valence-electron chi connectivity index (χ0n) is 16.4. The highest BCUT2D eigenvalue weighted by atomic mass is 32.1. The van der Waals surface area contributed by atoms with Crippen LogP contribution in [0.4, 0.5) is 0 Å². The summed E-state index contributed by atoms with van der Waals surface area (Å²) < 4.78 is 5.67. The average Bonchev–Trinajstić information content (AvgIpc) is 3.26. The van der Waals surface area contributed by atoms with Gasteiger partial charge in [0.05, 0.1) is 0 Å². The molecule has 1 aliphatic rings. The molecule has 1 saturated heterocycles. The van der Waals surface area contributed by atoms with E-state index < -0.39 is 0 Å². The minimum Gasteiger partial charge on any atom is -0.424 e. The lowest BCUT2D eigenvalue weighted by Crippen LogP contribution is -2.52. The summed E-state index contributed by atoms with van der Waals surface area (Å²) in [6.07, 6.45) is 4.14. The minimum atomic E-state index is 0.229. The Morgan fingerprint density at radius 2 is 1.86 bits per heavy atom. The summed E-state index contributed by atoms with van der Waals surface area (Å²) >= 11 is 1.80. The van der Waals surface area contributed by atoms with Crippen molar-refractivity contribution < 1.29 is 9.84 Å². The Hall–Kier alpha value is -2.32. The Kier molecular flexibility index (Phi) is 6.84. The summed E-state index contributed by atoms with van der Waals surface area (Å²) in [5, 5.41) is 11.7. The number of piperazine rings is 1. The second-order valence-electron chi connectivity index (χ2n) is 7.23. The highest BCUT2D eigenvalue weighted by Gasteiger charge is 2.26. The first-order valence-corrected chi connectivity index (χ1v) is 10.8. The molecule has 1 N–H and O–H groups in total. The van der Waals surface area contributed by atoms with E-state index in [0.717, 1.165) is 44.9 Å². The largest absolute Gasteiger partial charge is 0.424 e. The summed E-state index contributed by atoms with van der Waals surface area (Å²) in [5.41, 5.74) is 1.25. The van der Waals surface area contributed by atoms with Crippen LogP contribution >= 0.6 is 11.3 Å². The smallest absolute Gasteiger partial charge is 0.321 e. The average molecular weight is 411 g/mol. The van der Waals surface area contributed by atoms with E-state index in [1.54, 1.807) is 29.8 Å². The van der Waals surface area contributed by atoms with Crippen molar-refractivity contribution in [2.24, 2.45) is 0 Å². The lowest BCUT2D eigenvalue weighted by Gasteiger charge is -2.41. The zero-order valence-corrected chi connectivity index (χ0v) is 17.2. The topological polar surface area (TPSA) is 61.7 Å². The fourth-order valence-corrected chi connectivity index (χ4v) is 4.43. The van der Waals surface area contributed by atoms with E-state index in [4.69, 9.17) is 4.74 Å². The number of aliphatic hydroxyl groups excluding tert-OH is 1. The summed E-state index contributed by atoms with van der Waals surface area (Å²) in [4.78, 5) is 14.5. The van der Waals surface area contributed by atoms with Crippen LogP contribution in [0.15, 0.2) is 60.2 Å². The van der Waals surface area contributed by atoms with E-state index >= 15 is 0 Å². The molecule has 0 amide bonds. The molecule has 1 fully saturated rings. The Labute approximate surface area is 175 Å². The van der Waals surface area contributed by atoms with Gasteiger partial charge in [-0.2, -0.15) is 0 Å². The minimum absolute atomic E-state index is 0.229. The molecular formula is C22H26N4O2S. The van der Waals surface area contributed by atoms with Crippen molar-refractivity contribution in [3.05, 3.63) is 70.7 Å². The standard InChI is InChI=1S/C22H26N4O2S/c27-13-8-19-16-25(11-12-26(19)17-21-3-1-14-29-21)15-18-4-6-20(7-5-18)28-22-23-9-2-10-24-22/h1-7,9-10,14,19,27H,8,11-13,15-17H2/t19-/m1/s1. The number of ether oxygens (including phenoxy) is 1. The monoisotopic (exact) mass is 410 g/mol. The third kappa shape index (κ3) is 5.61. The molecule has 0 radical (unpaired) electrons. The molecule has 2 aromatic heterocycles. The van der Waals surface area contributed by atoms with Gasteiger partial charge in [0.1, 0.15) is 5.75 Å². The molecule has 0 bridgehead atoms. The van der Waals surface area contributed by atoms with Gasteiger partial charge in [-0.05, 0) is 41.6 Å². The number of hydrogen-bond acceptors (Lipinski definition) is 7. The van der Waals surface area contributed by atoms with Gasteiger partial charge in [-0.1, -0.05) is 18.2 Å². The molecule has 0 spiro atoms. The van der Waals surface area contributed by atoms with E-state index in [2.05, 4.69) is 49.4 Å². The van der Waals surface area contributed by atoms with Crippen molar-refractivity contribution in [2.45, 2.75) is 25.6 Å². The molecule has 0 saturated carbocycles. The summed E-state index contributed by atoms with van der Waals surface area (Å²) in [7, 11) is 0. The molecule has 7 heteroatoms. The van der Waals surface area contributed by atoms with Crippen LogP contribution in [-0.4, -0.2) is 57.2 Å². The lowest BCUT2D eigenvalue weighted by molar-refractivity contribution is 0.0506. The van der Waals surface area contributed by atoms with Gasteiger partial charge in [-0.15, -0.1) is 11.3 Å². The first-order valence-electron chi connectivity index (χ1n) is 9.93. The molecule has 152 valence electrons. The maximum Gasteiger partial charge on any atom is 0.321 e. The molecule has 1 atom stereocenters. The molecule has 3 aromatic rings. The number of benzene rings is 1. The zero-order chi connectivity index (χ0) is 19.9. The molecule has 29 heavy (non-hydrogen) atoms. The van der Waals surface area contributed by atoms with Gasteiger partial charge >= 0.3 is 6.01 Å². The molecule has 1 aromatic carbocycles. The molecule has 0 aliphatic carbocycles. The molecule has 6 nitrogen and oxygen atoms in total. The van der Waals surface area contributed by atoms with Crippen LogP contribution in [0.25, 0.3) is 0 Å². The van der Waals surface area contributed by atoms with Crippen LogP contribution in [0.3, 0.4) is 0 Å². The van der Waals surface area contributed by atoms with Crippen LogP contribution in [-0.2, 0) is 13.1 Å². The van der Waals surface area contributed by atoms with Gasteiger partial charge in [-0.3, -0.25) is 9.80 Å². The van der Waals surface area contributed by atoms with Gasteiger partial charge in [0.2, 0.25) is 0 Å². The van der Waals surface area contributed by atoms with E-state index in [1.807, 2.05) is 12.1 Å².